The fraction of sp³-hybridized carbons (Fsp3) is 0.405. The lowest BCUT2D eigenvalue weighted by molar-refractivity contribution is -0.142. The maximum absolute atomic E-state index is 12.1. The first kappa shape index (κ1) is 39.0. The second-order valence-corrected chi connectivity index (χ2v) is 14.2. The van der Waals surface area contributed by atoms with Crippen molar-refractivity contribution < 1.29 is 38.4 Å². The zero-order valence-corrected chi connectivity index (χ0v) is 32.1. The monoisotopic (exact) mass is 757 g/mol. The molecule has 0 saturated carbocycles. The van der Waals surface area contributed by atoms with Crippen molar-refractivity contribution in [3.8, 4) is 28.4 Å². The summed E-state index contributed by atoms with van der Waals surface area (Å²) in [5.74, 6) is 1.12. The standard InChI is InChI=1S/C42H48ClN3O8/c1-27-30(8-5-9-33(27)34-10-6-11-37(28(34)2)52-17-7-14-45-15-12-32(47)22-45)26-54-39-19-38(53-25-29-18-31(21-44-20-29)42(49)51-4)36-23-46(24-40(48)50-3)16-13-35(36)41(39)43/h5-6,8-11,18-21,32,47H,7,12-17,22-26H2,1-4H3/t32-/m1/s1. The van der Waals surface area contributed by atoms with Crippen LogP contribution in [0.2, 0.25) is 5.02 Å². The van der Waals surface area contributed by atoms with E-state index in [9.17, 15) is 14.7 Å². The predicted molar refractivity (Wildman–Crippen MR) is 205 cm³/mol. The molecule has 3 aromatic carbocycles. The number of aliphatic hydroxyl groups is 1. The highest BCUT2D eigenvalue weighted by Crippen LogP contribution is 2.41. The molecule has 1 N–H and O–H groups in total. The van der Waals surface area contributed by atoms with E-state index in [1.807, 2.05) is 23.1 Å². The average molecular weight is 758 g/mol. The van der Waals surface area contributed by atoms with Gasteiger partial charge in [-0.2, -0.15) is 0 Å². The van der Waals surface area contributed by atoms with Crippen molar-refractivity contribution in [2.24, 2.45) is 0 Å². The summed E-state index contributed by atoms with van der Waals surface area (Å²) in [7, 11) is 2.70. The Kier molecular flexibility index (Phi) is 13.1. The molecule has 1 fully saturated rings. The SMILES string of the molecule is COC(=O)CN1CCc2c(Cl)c(OCc3cccc(-c4cccc(OCCCN5CC[C@@H](O)C5)c4C)c3C)cc(OCc3cncc(C(=O)OC)c3)c2C1. The normalized spacial score (nSPS) is 15.8. The van der Waals surface area contributed by atoms with Gasteiger partial charge in [-0.25, -0.2) is 4.79 Å². The topological polar surface area (TPSA) is 120 Å². The zero-order chi connectivity index (χ0) is 38.2. The predicted octanol–water partition coefficient (Wildman–Crippen LogP) is 6.33. The van der Waals surface area contributed by atoms with Gasteiger partial charge in [-0.15, -0.1) is 0 Å². The van der Waals surface area contributed by atoms with Crippen LogP contribution in [0.15, 0.2) is 60.9 Å². The van der Waals surface area contributed by atoms with Gasteiger partial charge in [-0.1, -0.05) is 41.9 Å². The Morgan fingerprint density at radius 1 is 0.870 bits per heavy atom. The highest BCUT2D eigenvalue weighted by molar-refractivity contribution is 6.33. The van der Waals surface area contributed by atoms with Crippen LogP contribution >= 0.6 is 11.6 Å². The van der Waals surface area contributed by atoms with Crippen LogP contribution in [0, 0.1) is 13.8 Å². The van der Waals surface area contributed by atoms with Gasteiger partial charge in [0.25, 0.3) is 0 Å². The van der Waals surface area contributed by atoms with Gasteiger partial charge < -0.3 is 33.7 Å². The van der Waals surface area contributed by atoms with E-state index in [2.05, 4.69) is 41.9 Å². The lowest BCUT2D eigenvalue weighted by atomic mass is 9.93. The number of aliphatic hydroxyl groups excluding tert-OH is 1. The molecule has 286 valence electrons. The van der Waals surface area contributed by atoms with E-state index >= 15 is 0 Å². The number of hydrogen-bond acceptors (Lipinski definition) is 11. The summed E-state index contributed by atoms with van der Waals surface area (Å²) in [4.78, 5) is 32.7. The number of halogens is 1. The van der Waals surface area contributed by atoms with Crippen LogP contribution in [0.5, 0.6) is 17.2 Å². The fourth-order valence-corrected chi connectivity index (χ4v) is 7.43. The number of nitrogens with zero attached hydrogens (tertiary/aromatic N) is 3. The number of carbonyl (C=O) groups is 2. The summed E-state index contributed by atoms with van der Waals surface area (Å²) in [6.07, 6.45) is 5.20. The summed E-state index contributed by atoms with van der Waals surface area (Å²) in [6.45, 7) is 8.99. The number of rotatable bonds is 15. The number of benzene rings is 3. The lowest BCUT2D eigenvalue weighted by Crippen LogP contribution is -2.35. The molecule has 2 aliphatic heterocycles. The maximum Gasteiger partial charge on any atom is 0.339 e. The molecule has 0 amide bonds. The summed E-state index contributed by atoms with van der Waals surface area (Å²) in [5, 5.41) is 10.3. The van der Waals surface area contributed by atoms with Crippen LogP contribution in [-0.4, -0.2) is 91.5 Å². The first-order valence-electron chi connectivity index (χ1n) is 18.3. The molecule has 1 saturated heterocycles. The van der Waals surface area contributed by atoms with Gasteiger partial charge >= 0.3 is 11.9 Å². The van der Waals surface area contributed by atoms with Crippen molar-refractivity contribution >= 4 is 23.5 Å². The summed E-state index contributed by atoms with van der Waals surface area (Å²) in [6, 6.07) is 15.9. The summed E-state index contributed by atoms with van der Waals surface area (Å²) >= 11 is 7.06. The van der Waals surface area contributed by atoms with Gasteiger partial charge in [0.15, 0.2) is 0 Å². The minimum Gasteiger partial charge on any atom is -0.493 e. The molecule has 3 heterocycles. The van der Waals surface area contributed by atoms with E-state index in [0.29, 0.717) is 53.8 Å². The lowest BCUT2D eigenvalue weighted by Gasteiger charge is -2.30. The molecule has 6 rings (SSSR count). The largest absolute Gasteiger partial charge is 0.493 e. The third kappa shape index (κ3) is 9.33. The molecule has 0 radical (unpaired) electrons. The Bertz CT molecular complexity index is 1970. The highest BCUT2D eigenvalue weighted by Gasteiger charge is 2.27. The number of ether oxygens (including phenoxy) is 5. The number of hydrogen-bond donors (Lipinski definition) is 1. The Morgan fingerprint density at radius 2 is 1.65 bits per heavy atom. The minimum atomic E-state index is -0.482. The number of fused-ring (bicyclic) bond motifs is 1. The second-order valence-electron chi connectivity index (χ2n) is 13.8. The van der Waals surface area contributed by atoms with Gasteiger partial charge in [0, 0.05) is 62.3 Å². The van der Waals surface area contributed by atoms with Crippen LogP contribution in [-0.2, 0) is 40.4 Å². The average Bonchev–Trinajstić information content (AvgIpc) is 3.61. The molecule has 0 spiro atoms. The molecule has 12 heteroatoms. The molecule has 4 aromatic rings. The molecule has 54 heavy (non-hydrogen) atoms. The Morgan fingerprint density at radius 3 is 2.41 bits per heavy atom. The number of methoxy groups -OCH3 is 2. The van der Waals surface area contributed by atoms with E-state index < -0.39 is 5.97 Å². The van der Waals surface area contributed by atoms with Crippen molar-refractivity contribution in [2.45, 2.75) is 59.0 Å². The molecular weight excluding hydrogens is 710 g/mol. The Balaban J connectivity index is 1.20. The number of carbonyl (C=O) groups excluding carboxylic acids is 2. The van der Waals surface area contributed by atoms with E-state index in [0.717, 1.165) is 77.2 Å². The van der Waals surface area contributed by atoms with E-state index in [4.69, 9.17) is 35.3 Å². The molecular formula is C42H48ClN3O8. The zero-order valence-electron chi connectivity index (χ0n) is 31.4. The minimum absolute atomic E-state index is 0.133. The molecule has 0 bridgehead atoms. The maximum atomic E-state index is 12.1. The van der Waals surface area contributed by atoms with Gasteiger partial charge in [-0.05, 0) is 78.6 Å². The molecule has 2 aliphatic rings. The van der Waals surface area contributed by atoms with Crippen molar-refractivity contribution in [1.82, 2.24) is 14.8 Å². The van der Waals surface area contributed by atoms with Crippen LogP contribution < -0.4 is 14.2 Å². The van der Waals surface area contributed by atoms with E-state index in [1.54, 1.807) is 18.3 Å². The van der Waals surface area contributed by atoms with Gasteiger partial charge in [-0.3, -0.25) is 14.7 Å². The van der Waals surface area contributed by atoms with Crippen LogP contribution in [0.3, 0.4) is 0 Å². The van der Waals surface area contributed by atoms with Crippen molar-refractivity contribution in [3.63, 3.8) is 0 Å². The summed E-state index contributed by atoms with van der Waals surface area (Å²) < 4.78 is 28.9. The Labute approximate surface area is 321 Å². The third-order valence-corrected chi connectivity index (χ3v) is 10.6. The molecule has 0 aliphatic carbocycles. The van der Waals surface area contributed by atoms with Crippen molar-refractivity contribution in [1.29, 1.82) is 0 Å². The Hall–Kier alpha value is -4.68. The molecule has 0 unspecified atom stereocenters. The highest BCUT2D eigenvalue weighted by atomic mass is 35.5. The van der Waals surface area contributed by atoms with Gasteiger partial charge in [0.2, 0.25) is 0 Å². The molecule has 11 nitrogen and oxygen atoms in total. The third-order valence-electron chi connectivity index (χ3n) is 10.2. The first-order valence-corrected chi connectivity index (χ1v) is 18.7. The van der Waals surface area contributed by atoms with Crippen LogP contribution in [0.4, 0.5) is 0 Å². The number of aromatic nitrogens is 1. The molecule has 1 aromatic heterocycles. The van der Waals surface area contributed by atoms with Crippen LogP contribution in [0.1, 0.15) is 56.6 Å². The van der Waals surface area contributed by atoms with Crippen molar-refractivity contribution in [3.05, 3.63) is 105 Å². The number of likely N-dealkylation sites (tertiary alicyclic amines) is 1. The number of β-amino-alcohol motifs (C(OH)–C–C–N with tert-alkyl or cyclic N) is 1. The van der Waals surface area contributed by atoms with E-state index in [-0.39, 0.29) is 31.8 Å². The van der Waals surface area contributed by atoms with Crippen molar-refractivity contribution in [2.75, 3.05) is 53.6 Å². The van der Waals surface area contributed by atoms with Crippen LogP contribution in [0.25, 0.3) is 11.1 Å². The fourth-order valence-electron chi connectivity index (χ4n) is 7.11. The molecule has 1 atom stereocenters. The number of pyridine rings is 1. The van der Waals surface area contributed by atoms with Gasteiger partial charge in [0.05, 0.1) is 44.1 Å². The summed E-state index contributed by atoms with van der Waals surface area (Å²) in [5.41, 5.74) is 8.15. The second kappa shape index (κ2) is 18.1. The first-order chi connectivity index (χ1) is 26.1. The quantitative estimate of drug-likeness (QED) is 0.108. The smallest absolute Gasteiger partial charge is 0.339 e. The van der Waals surface area contributed by atoms with E-state index in [1.165, 1.54) is 20.4 Å². The number of esters is 2. The van der Waals surface area contributed by atoms with Gasteiger partial charge in [0.1, 0.15) is 30.5 Å².